The van der Waals surface area contributed by atoms with Crippen molar-refractivity contribution in [2.24, 2.45) is 22.7 Å². The highest BCUT2D eigenvalue weighted by Crippen LogP contribution is 2.48. The molecule has 0 saturated carbocycles. The number of carbonyl (C=O) groups excluding carboxylic acids is 2. The molecule has 0 bridgehead atoms. The van der Waals surface area contributed by atoms with Crippen molar-refractivity contribution in [3.05, 3.63) is 56.3 Å². The molecular weight excluding hydrogens is 804 g/mol. The highest BCUT2D eigenvalue weighted by atomic mass is 79.9. The first-order valence-corrected chi connectivity index (χ1v) is 22.8. The topological polar surface area (TPSA) is 66.9 Å². The molecule has 8 heteroatoms. The van der Waals surface area contributed by atoms with E-state index in [1.54, 1.807) is 0 Å². The number of amides is 2. The first-order chi connectivity index (χ1) is 25.6. The summed E-state index contributed by atoms with van der Waals surface area (Å²) in [5.41, 5.74) is 2.98. The van der Waals surface area contributed by atoms with E-state index >= 15 is 0 Å². The molecule has 2 aliphatic rings. The van der Waals surface area contributed by atoms with Crippen molar-refractivity contribution < 1.29 is 18.4 Å². The van der Waals surface area contributed by atoms with Gasteiger partial charge in [0.25, 0.3) is 11.8 Å². The minimum atomic E-state index is -0.126. The minimum Gasteiger partial charge on any atom is -0.448 e. The van der Waals surface area contributed by atoms with E-state index in [9.17, 15) is 9.59 Å². The molecule has 54 heavy (non-hydrogen) atoms. The van der Waals surface area contributed by atoms with Crippen LogP contribution in [-0.4, -0.2) is 34.7 Å². The van der Waals surface area contributed by atoms with Gasteiger partial charge in [0.15, 0.2) is 20.9 Å². The molecule has 0 aliphatic carbocycles. The first-order valence-electron chi connectivity index (χ1n) is 21.2. The number of hydrogen-bond donors (Lipinski definition) is 0. The van der Waals surface area contributed by atoms with Crippen LogP contribution in [0.5, 0.6) is 0 Å². The van der Waals surface area contributed by atoms with Crippen molar-refractivity contribution in [3.8, 4) is 0 Å². The maximum absolute atomic E-state index is 14.7. The molecule has 0 aromatic carbocycles. The second-order valence-corrected chi connectivity index (χ2v) is 19.3. The number of nitrogens with zero attached hydrogens (tertiary/aromatic N) is 2. The van der Waals surface area contributed by atoms with Crippen molar-refractivity contribution >= 4 is 55.1 Å². The summed E-state index contributed by atoms with van der Waals surface area (Å²) >= 11 is 6.94. The van der Waals surface area contributed by atoms with Gasteiger partial charge in [-0.1, -0.05) is 146 Å². The Morgan fingerprint density at radius 3 is 1.13 bits per heavy atom. The van der Waals surface area contributed by atoms with Crippen molar-refractivity contribution in [2.75, 3.05) is 13.1 Å². The fourth-order valence-corrected chi connectivity index (χ4v) is 7.63. The lowest BCUT2D eigenvalue weighted by atomic mass is 9.71. The third kappa shape index (κ3) is 12.7. The second kappa shape index (κ2) is 22.0. The maximum atomic E-state index is 14.7. The summed E-state index contributed by atoms with van der Waals surface area (Å²) < 4.78 is 13.4. The molecule has 0 radical (unpaired) electrons. The van der Waals surface area contributed by atoms with Gasteiger partial charge in [0, 0.05) is 13.1 Å². The van der Waals surface area contributed by atoms with Gasteiger partial charge in [0.05, 0.1) is 11.1 Å². The Hall–Kier alpha value is -2.06. The molecule has 0 spiro atoms. The molecular formula is C46H72Br2N2O4. The van der Waals surface area contributed by atoms with Crippen LogP contribution >= 0.6 is 31.9 Å². The van der Waals surface area contributed by atoms with Crippen LogP contribution in [0, 0.1) is 22.7 Å². The third-order valence-corrected chi connectivity index (χ3v) is 12.6. The standard InChI is InChI=1S/C38H54Br2N2O4.C8H18/c1-5-9-13-15-19-27(17-11-7-3)25-41-35(29-21-23-31(39)45-29)33-34(37(41)43)36(30-22-24-32(40)46-30)42(38(33)44)26-28(18-12-8-4)20-16-14-10-6-2;1-7(2,3)8(4,5)6/h21-24,27-28H,5-20,25-26H2,1-4H3;1-6H3. The molecule has 2 atom stereocenters. The van der Waals surface area contributed by atoms with E-state index in [1.165, 1.54) is 38.5 Å². The summed E-state index contributed by atoms with van der Waals surface area (Å²) in [6.45, 7) is 23.7. The lowest BCUT2D eigenvalue weighted by Gasteiger charge is -2.34. The molecule has 2 amide bonds. The first kappa shape index (κ1) is 46.3. The highest BCUT2D eigenvalue weighted by Gasteiger charge is 2.51. The van der Waals surface area contributed by atoms with E-state index in [0.717, 1.165) is 64.2 Å². The summed E-state index contributed by atoms with van der Waals surface area (Å²) in [6.07, 6.45) is 18.3. The summed E-state index contributed by atoms with van der Waals surface area (Å²) in [5.74, 6) is 1.54. The smallest absolute Gasteiger partial charge is 0.261 e. The van der Waals surface area contributed by atoms with E-state index in [4.69, 9.17) is 8.83 Å². The van der Waals surface area contributed by atoms with E-state index in [2.05, 4.69) is 101 Å². The minimum absolute atomic E-state index is 0.126. The average Bonchev–Trinajstić information content (AvgIpc) is 3.87. The van der Waals surface area contributed by atoms with Gasteiger partial charge >= 0.3 is 0 Å². The van der Waals surface area contributed by atoms with Gasteiger partial charge in [-0.15, -0.1) is 0 Å². The van der Waals surface area contributed by atoms with E-state index in [-0.39, 0.29) is 11.8 Å². The zero-order valence-electron chi connectivity index (χ0n) is 35.5. The largest absolute Gasteiger partial charge is 0.448 e. The Morgan fingerprint density at radius 1 is 0.519 bits per heavy atom. The van der Waals surface area contributed by atoms with Crippen LogP contribution in [0.3, 0.4) is 0 Å². The average molecular weight is 877 g/mol. The summed E-state index contributed by atoms with van der Waals surface area (Å²) in [6, 6.07) is 7.42. The zero-order valence-corrected chi connectivity index (χ0v) is 38.6. The van der Waals surface area contributed by atoms with Crippen LogP contribution in [0.1, 0.15) is 183 Å². The quantitative estimate of drug-likeness (QED) is 0.111. The van der Waals surface area contributed by atoms with Crippen molar-refractivity contribution in [1.82, 2.24) is 9.80 Å². The Kier molecular flexibility index (Phi) is 18.9. The molecule has 6 nitrogen and oxygen atoms in total. The van der Waals surface area contributed by atoms with E-state index < -0.39 is 0 Å². The molecule has 2 unspecified atom stereocenters. The van der Waals surface area contributed by atoms with E-state index in [1.807, 2.05) is 34.1 Å². The van der Waals surface area contributed by atoms with Gasteiger partial charge < -0.3 is 18.6 Å². The van der Waals surface area contributed by atoms with E-state index in [0.29, 0.717) is 79.2 Å². The highest BCUT2D eigenvalue weighted by molar-refractivity contribution is 9.10. The van der Waals surface area contributed by atoms with Gasteiger partial charge in [-0.2, -0.15) is 0 Å². The Labute approximate surface area is 345 Å². The van der Waals surface area contributed by atoms with Crippen LogP contribution in [0.2, 0.25) is 0 Å². The molecule has 4 heterocycles. The lowest BCUT2D eigenvalue weighted by molar-refractivity contribution is -0.124. The number of rotatable bonds is 22. The maximum Gasteiger partial charge on any atom is 0.261 e. The fourth-order valence-electron chi connectivity index (χ4n) is 7.02. The zero-order chi connectivity index (χ0) is 40.1. The Bertz CT molecular complexity index is 1420. The monoisotopic (exact) mass is 874 g/mol. The lowest BCUT2D eigenvalue weighted by Crippen LogP contribution is -2.34. The normalized spacial score (nSPS) is 16.1. The Morgan fingerprint density at radius 2 is 0.852 bits per heavy atom. The van der Waals surface area contributed by atoms with Crippen LogP contribution in [0.4, 0.5) is 0 Å². The van der Waals surface area contributed by atoms with Crippen LogP contribution in [-0.2, 0) is 9.59 Å². The molecule has 0 N–H and O–H groups in total. The SMILES string of the molecule is CC(C)(C)C(C)(C)C.CCCCCCC(CCCC)CN1C(=O)C2=C(c3ccc(Br)o3)N(CC(CCCC)CCCCCC)C(=O)C2=C1c1ccc(Br)o1. The predicted molar refractivity (Wildman–Crippen MR) is 233 cm³/mol. The summed E-state index contributed by atoms with van der Waals surface area (Å²) in [5, 5.41) is 0. The summed E-state index contributed by atoms with van der Waals surface area (Å²) in [7, 11) is 0. The fraction of sp³-hybridized carbons (Fsp3) is 0.696. The molecule has 0 fully saturated rings. The number of halogens is 2. The molecule has 2 aromatic rings. The van der Waals surface area contributed by atoms with Crippen LogP contribution in [0.15, 0.2) is 53.6 Å². The number of carbonyl (C=O) groups is 2. The van der Waals surface area contributed by atoms with Gasteiger partial charge in [0.2, 0.25) is 0 Å². The van der Waals surface area contributed by atoms with Gasteiger partial charge in [-0.05, 0) is 104 Å². The second-order valence-electron chi connectivity index (χ2n) is 17.7. The number of furan rings is 2. The van der Waals surface area contributed by atoms with Gasteiger partial charge in [-0.25, -0.2) is 0 Å². The van der Waals surface area contributed by atoms with Crippen molar-refractivity contribution in [3.63, 3.8) is 0 Å². The number of hydrogen-bond acceptors (Lipinski definition) is 4. The number of fused-ring (bicyclic) bond motifs is 1. The molecule has 2 aliphatic heterocycles. The van der Waals surface area contributed by atoms with Gasteiger partial charge in [-0.3, -0.25) is 9.59 Å². The number of unbranched alkanes of at least 4 members (excludes halogenated alkanes) is 8. The van der Waals surface area contributed by atoms with Gasteiger partial charge in [0.1, 0.15) is 11.4 Å². The molecule has 304 valence electrons. The Balaban J connectivity index is 0.000000879. The van der Waals surface area contributed by atoms with Crippen molar-refractivity contribution in [1.29, 1.82) is 0 Å². The van der Waals surface area contributed by atoms with Crippen LogP contribution in [0.25, 0.3) is 11.4 Å². The predicted octanol–water partition coefficient (Wildman–Crippen LogP) is 14.8. The summed E-state index contributed by atoms with van der Waals surface area (Å²) in [4.78, 5) is 33.1. The van der Waals surface area contributed by atoms with Crippen molar-refractivity contribution in [2.45, 2.75) is 172 Å². The molecule has 2 aromatic heterocycles. The van der Waals surface area contributed by atoms with Crippen LogP contribution < -0.4 is 0 Å². The molecule has 0 saturated heterocycles. The third-order valence-electron chi connectivity index (χ3n) is 11.8. The molecule has 4 rings (SSSR count).